The summed E-state index contributed by atoms with van der Waals surface area (Å²) >= 11 is 0. The first-order valence-corrected chi connectivity index (χ1v) is 9.43. The Balaban J connectivity index is 1.98. The summed E-state index contributed by atoms with van der Waals surface area (Å²) in [7, 11) is 2.97. The number of amides is 1. The molecule has 0 radical (unpaired) electrons. The maximum atomic E-state index is 13.0. The van der Waals surface area contributed by atoms with Crippen molar-refractivity contribution >= 4 is 17.5 Å². The van der Waals surface area contributed by atoms with Crippen LogP contribution in [0.1, 0.15) is 28.5 Å². The van der Waals surface area contributed by atoms with Crippen LogP contribution in [0.3, 0.4) is 0 Å². The highest BCUT2D eigenvalue weighted by atomic mass is 19.4. The van der Waals surface area contributed by atoms with Gasteiger partial charge in [-0.1, -0.05) is 17.3 Å². The van der Waals surface area contributed by atoms with Crippen LogP contribution in [0.4, 0.5) is 24.8 Å². The maximum Gasteiger partial charge on any atom is 0.416 e. The van der Waals surface area contributed by atoms with Gasteiger partial charge in [-0.05, 0) is 24.6 Å². The Kier molecular flexibility index (Phi) is 6.51. The van der Waals surface area contributed by atoms with Crippen molar-refractivity contribution in [3.05, 3.63) is 63.9 Å². The lowest BCUT2D eigenvalue weighted by atomic mass is 10.1. The Bertz CT molecular complexity index is 1160. The van der Waals surface area contributed by atoms with Gasteiger partial charge in [-0.2, -0.15) is 13.2 Å². The minimum Gasteiger partial charge on any atom is -0.486 e. The largest absolute Gasteiger partial charge is 0.486 e. The van der Waals surface area contributed by atoms with E-state index < -0.39 is 23.2 Å². The summed E-state index contributed by atoms with van der Waals surface area (Å²) in [5, 5.41) is 5.98. The quantitative estimate of drug-likeness (QED) is 0.589. The molecule has 170 valence electrons. The molecule has 0 spiro atoms. The van der Waals surface area contributed by atoms with E-state index in [4.69, 9.17) is 4.74 Å². The lowest BCUT2D eigenvalue weighted by molar-refractivity contribution is -0.137. The van der Waals surface area contributed by atoms with Crippen LogP contribution in [0.15, 0.2) is 46.0 Å². The van der Waals surface area contributed by atoms with Crippen LogP contribution in [0, 0.1) is 0 Å². The Morgan fingerprint density at radius 3 is 2.72 bits per heavy atom. The molecule has 1 amide bonds. The minimum absolute atomic E-state index is 0.00485. The molecule has 3 aromatic rings. The zero-order valence-corrected chi connectivity index (χ0v) is 17.4. The third kappa shape index (κ3) is 4.90. The molecule has 2 aromatic heterocycles. The number of halogens is 3. The number of nitrogens with zero attached hydrogens (tertiary/aromatic N) is 4. The van der Waals surface area contributed by atoms with Crippen molar-refractivity contribution < 1.29 is 27.2 Å². The van der Waals surface area contributed by atoms with Crippen LogP contribution in [-0.2, 0) is 19.8 Å². The maximum absolute atomic E-state index is 13.0. The Morgan fingerprint density at radius 1 is 1.34 bits per heavy atom. The standard InChI is InChI=1S/C20H20F3N5O4/c1-4-31-16-15(17(29)25-14-9-24-32-11-14)26-19(28(3)18(16)30)27(2)10-12-6-5-7-13(8-12)20(21,22)23/h5-9,11H,4,10H2,1-3H3,(H,25,29). The molecule has 9 nitrogen and oxygen atoms in total. The zero-order chi connectivity index (χ0) is 23.5. The summed E-state index contributed by atoms with van der Waals surface area (Å²) in [5.74, 6) is -0.922. The van der Waals surface area contributed by atoms with Crippen LogP contribution in [0.2, 0.25) is 0 Å². The Labute approximate surface area is 180 Å². The molecule has 0 atom stereocenters. The summed E-state index contributed by atoms with van der Waals surface area (Å²) in [6.07, 6.45) is -2.02. The molecule has 0 unspecified atom stereocenters. The van der Waals surface area contributed by atoms with E-state index in [-0.39, 0.29) is 36.2 Å². The van der Waals surface area contributed by atoms with Crippen molar-refractivity contribution in [3.8, 4) is 5.75 Å². The lowest BCUT2D eigenvalue weighted by Crippen LogP contribution is -2.32. The molecule has 1 N–H and O–H groups in total. The number of nitrogens with one attached hydrogen (secondary N) is 1. The van der Waals surface area contributed by atoms with Gasteiger partial charge in [0.15, 0.2) is 5.69 Å². The fraction of sp³-hybridized carbons (Fsp3) is 0.300. The highest BCUT2D eigenvalue weighted by Crippen LogP contribution is 2.30. The van der Waals surface area contributed by atoms with E-state index in [1.807, 2.05) is 0 Å². The fourth-order valence-electron chi connectivity index (χ4n) is 2.99. The van der Waals surface area contributed by atoms with Crippen molar-refractivity contribution in [3.63, 3.8) is 0 Å². The molecule has 0 saturated carbocycles. The first-order valence-electron chi connectivity index (χ1n) is 9.43. The predicted octanol–water partition coefficient (Wildman–Crippen LogP) is 3.07. The van der Waals surface area contributed by atoms with Gasteiger partial charge in [-0.25, -0.2) is 4.98 Å². The molecule has 0 bridgehead atoms. The SMILES string of the molecule is CCOc1c(C(=O)Nc2cnoc2)nc(N(C)Cc2cccc(C(F)(F)F)c2)n(C)c1=O. The molecule has 1 aromatic carbocycles. The van der Waals surface area contributed by atoms with Gasteiger partial charge in [0.1, 0.15) is 12.0 Å². The number of benzene rings is 1. The molecule has 12 heteroatoms. The number of hydrogen-bond donors (Lipinski definition) is 1. The second-order valence-corrected chi connectivity index (χ2v) is 6.81. The van der Waals surface area contributed by atoms with Crippen molar-refractivity contribution in [1.82, 2.24) is 14.7 Å². The first-order chi connectivity index (χ1) is 15.1. The number of anilines is 2. The second-order valence-electron chi connectivity index (χ2n) is 6.81. The summed E-state index contributed by atoms with van der Waals surface area (Å²) in [5.41, 5.74) is -1.09. The molecule has 32 heavy (non-hydrogen) atoms. The van der Waals surface area contributed by atoms with Gasteiger partial charge < -0.3 is 19.5 Å². The van der Waals surface area contributed by atoms with Crippen molar-refractivity contribution in [2.24, 2.45) is 7.05 Å². The molecule has 0 aliphatic carbocycles. The number of hydrogen-bond acceptors (Lipinski definition) is 7. The third-order valence-corrected chi connectivity index (χ3v) is 4.44. The molecule has 0 aliphatic heterocycles. The molecular weight excluding hydrogens is 431 g/mol. The third-order valence-electron chi connectivity index (χ3n) is 4.44. The van der Waals surface area contributed by atoms with Crippen molar-refractivity contribution in [2.45, 2.75) is 19.6 Å². The number of carbonyl (C=O) groups is 1. The number of ether oxygens (including phenoxy) is 1. The zero-order valence-electron chi connectivity index (χ0n) is 17.4. The summed E-state index contributed by atoms with van der Waals surface area (Å²) in [4.78, 5) is 31.3. The average Bonchev–Trinajstić information content (AvgIpc) is 3.24. The van der Waals surface area contributed by atoms with E-state index in [9.17, 15) is 22.8 Å². The van der Waals surface area contributed by atoms with E-state index >= 15 is 0 Å². The van der Waals surface area contributed by atoms with Crippen LogP contribution in [0.5, 0.6) is 5.75 Å². The number of rotatable bonds is 7. The molecule has 0 saturated heterocycles. The van der Waals surface area contributed by atoms with Gasteiger partial charge in [0.2, 0.25) is 11.7 Å². The van der Waals surface area contributed by atoms with Gasteiger partial charge in [0, 0.05) is 20.6 Å². The Hall–Kier alpha value is -3.83. The number of aromatic nitrogens is 3. The second kappa shape index (κ2) is 9.12. The molecule has 3 rings (SSSR count). The summed E-state index contributed by atoms with van der Waals surface area (Å²) in [6, 6.07) is 4.82. The first kappa shape index (κ1) is 22.8. The van der Waals surface area contributed by atoms with Gasteiger partial charge in [-0.3, -0.25) is 14.2 Å². The number of alkyl halides is 3. The van der Waals surface area contributed by atoms with Gasteiger partial charge in [-0.15, -0.1) is 0 Å². The number of carbonyl (C=O) groups excluding carboxylic acids is 1. The lowest BCUT2D eigenvalue weighted by Gasteiger charge is -2.22. The van der Waals surface area contributed by atoms with E-state index in [1.165, 1.54) is 36.5 Å². The van der Waals surface area contributed by atoms with Gasteiger partial charge in [0.25, 0.3) is 11.5 Å². The summed E-state index contributed by atoms with van der Waals surface area (Å²) in [6.45, 7) is 1.77. The minimum atomic E-state index is -4.48. The van der Waals surface area contributed by atoms with Gasteiger partial charge in [0.05, 0.1) is 18.4 Å². The normalized spacial score (nSPS) is 11.3. The van der Waals surface area contributed by atoms with Gasteiger partial charge >= 0.3 is 6.18 Å². The molecular formula is C20H20F3N5O4. The highest BCUT2D eigenvalue weighted by Gasteiger charge is 2.30. The van der Waals surface area contributed by atoms with Crippen LogP contribution < -0.4 is 20.5 Å². The molecule has 2 heterocycles. The van der Waals surface area contributed by atoms with E-state index in [0.29, 0.717) is 5.56 Å². The highest BCUT2D eigenvalue weighted by molar-refractivity contribution is 6.04. The predicted molar refractivity (Wildman–Crippen MR) is 109 cm³/mol. The monoisotopic (exact) mass is 451 g/mol. The molecule has 0 aliphatic rings. The van der Waals surface area contributed by atoms with E-state index in [0.717, 1.165) is 16.7 Å². The average molecular weight is 451 g/mol. The fourth-order valence-corrected chi connectivity index (χ4v) is 2.99. The van der Waals surface area contributed by atoms with Crippen LogP contribution in [0.25, 0.3) is 0 Å². The van der Waals surface area contributed by atoms with Crippen molar-refractivity contribution in [2.75, 3.05) is 23.9 Å². The van der Waals surface area contributed by atoms with Crippen molar-refractivity contribution in [1.29, 1.82) is 0 Å². The molecule has 0 fully saturated rings. The smallest absolute Gasteiger partial charge is 0.416 e. The van der Waals surface area contributed by atoms with E-state index in [1.54, 1.807) is 14.0 Å². The summed E-state index contributed by atoms with van der Waals surface area (Å²) < 4.78 is 50.2. The van der Waals surface area contributed by atoms with E-state index in [2.05, 4.69) is 20.0 Å². The van der Waals surface area contributed by atoms with Crippen LogP contribution in [-0.4, -0.2) is 34.3 Å². The Morgan fingerprint density at radius 2 is 2.09 bits per heavy atom. The topological polar surface area (TPSA) is 102 Å². The van der Waals surface area contributed by atoms with Crippen LogP contribution >= 0.6 is 0 Å².